The van der Waals surface area contributed by atoms with Crippen molar-refractivity contribution in [1.29, 1.82) is 0 Å². The fourth-order valence-electron chi connectivity index (χ4n) is 1.47. The SMILES string of the molecule is CCn1cc(CS(=O)(=O)C(C)CC(=O)OC)cn1. The Bertz CT molecular complexity index is 507. The Morgan fingerprint density at radius 3 is 2.72 bits per heavy atom. The van der Waals surface area contributed by atoms with Gasteiger partial charge in [0.2, 0.25) is 0 Å². The largest absolute Gasteiger partial charge is 0.469 e. The minimum Gasteiger partial charge on any atom is -0.469 e. The second-order valence-corrected chi connectivity index (χ2v) is 6.52. The smallest absolute Gasteiger partial charge is 0.306 e. The van der Waals surface area contributed by atoms with E-state index in [0.717, 1.165) is 0 Å². The zero-order chi connectivity index (χ0) is 13.8. The van der Waals surface area contributed by atoms with Crippen LogP contribution in [0.25, 0.3) is 0 Å². The highest BCUT2D eigenvalue weighted by Crippen LogP contribution is 2.13. The maximum atomic E-state index is 12.0. The van der Waals surface area contributed by atoms with E-state index in [1.54, 1.807) is 10.9 Å². The molecule has 1 aromatic rings. The van der Waals surface area contributed by atoms with Crippen LogP contribution in [0, 0.1) is 0 Å². The number of ether oxygens (including phenoxy) is 1. The number of nitrogens with zero attached hydrogens (tertiary/aromatic N) is 2. The normalized spacial score (nSPS) is 13.3. The molecule has 0 aliphatic heterocycles. The molecule has 0 saturated carbocycles. The fourth-order valence-corrected chi connectivity index (χ4v) is 2.76. The number of aryl methyl sites for hydroxylation is 1. The molecule has 0 amide bonds. The van der Waals surface area contributed by atoms with Gasteiger partial charge in [0.05, 0.1) is 30.7 Å². The van der Waals surface area contributed by atoms with Crippen LogP contribution in [0.5, 0.6) is 0 Å². The van der Waals surface area contributed by atoms with Gasteiger partial charge in [-0.25, -0.2) is 8.42 Å². The Kier molecular flexibility index (Phi) is 4.89. The van der Waals surface area contributed by atoms with Crippen LogP contribution in [0.15, 0.2) is 12.4 Å². The van der Waals surface area contributed by atoms with Crippen LogP contribution in [-0.2, 0) is 31.7 Å². The first kappa shape index (κ1) is 14.7. The monoisotopic (exact) mass is 274 g/mol. The quantitative estimate of drug-likeness (QED) is 0.716. The van der Waals surface area contributed by atoms with Crippen LogP contribution in [0.3, 0.4) is 0 Å². The molecule has 0 aliphatic rings. The Hall–Kier alpha value is -1.37. The minimum atomic E-state index is -3.37. The van der Waals surface area contributed by atoms with Crippen molar-refractivity contribution in [2.24, 2.45) is 0 Å². The maximum Gasteiger partial charge on any atom is 0.306 e. The molecule has 0 N–H and O–H groups in total. The molecule has 1 heterocycles. The van der Waals surface area contributed by atoms with E-state index in [1.807, 2.05) is 6.92 Å². The highest BCUT2D eigenvalue weighted by Gasteiger charge is 2.24. The van der Waals surface area contributed by atoms with Crippen LogP contribution in [0.1, 0.15) is 25.8 Å². The summed E-state index contributed by atoms with van der Waals surface area (Å²) >= 11 is 0. The zero-order valence-electron chi connectivity index (χ0n) is 10.8. The van der Waals surface area contributed by atoms with E-state index in [4.69, 9.17) is 0 Å². The number of rotatable bonds is 6. The molecule has 1 unspecified atom stereocenters. The lowest BCUT2D eigenvalue weighted by Gasteiger charge is -2.10. The summed E-state index contributed by atoms with van der Waals surface area (Å²) < 4.78 is 30.1. The molecule has 1 rings (SSSR count). The first-order valence-corrected chi connectivity index (χ1v) is 7.40. The second kappa shape index (κ2) is 5.99. The number of esters is 1. The van der Waals surface area contributed by atoms with Gasteiger partial charge in [0.15, 0.2) is 9.84 Å². The third-order valence-corrected chi connectivity index (χ3v) is 4.80. The molecule has 1 atom stereocenters. The molecule has 1 aromatic heterocycles. The number of methoxy groups -OCH3 is 1. The van der Waals surface area contributed by atoms with Crippen molar-refractivity contribution in [1.82, 2.24) is 9.78 Å². The minimum absolute atomic E-state index is 0.106. The third-order valence-electron chi connectivity index (χ3n) is 2.67. The van der Waals surface area contributed by atoms with Crippen molar-refractivity contribution < 1.29 is 17.9 Å². The molecule has 0 fully saturated rings. The summed E-state index contributed by atoms with van der Waals surface area (Å²) in [5, 5.41) is 3.26. The predicted molar refractivity (Wildman–Crippen MR) is 66.6 cm³/mol. The van der Waals surface area contributed by atoms with Crippen molar-refractivity contribution in [3.8, 4) is 0 Å². The molecule has 7 heteroatoms. The van der Waals surface area contributed by atoms with Crippen LogP contribution < -0.4 is 0 Å². The van der Waals surface area contributed by atoms with Crippen molar-refractivity contribution >= 4 is 15.8 Å². The van der Waals surface area contributed by atoms with Gasteiger partial charge in [-0.05, 0) is 13.8 Å². The molecular formula is C11H18N2O4S. The molecule has 6 nitrogen and oxygen atoms in total. The molecular weight excluding hydrogens is 256 g/mol. The van der Waals surface area contributed by atoms with Crippen molar-refractivity contribution in [2.45, 2.75) is 37.8 Å². The average molecular weight is 274 g/mol. The number of carbonyl (C=O) groups excluding carboxylic acids is 1. The fraction of sp³-hybridized carbons (Fsp3) is 0.636. The van der Waals surface area contributed by atoms with Gasteiger partial charge in [-0.2, -0.15) is 5.10 Å². The molecule has 0 radical (unpaired) electrons. The summed E-state index contributed by atoms with van der Waals surface area (Å²) in [6.07, 6.45) is 3.11. The van der Waals surface area contributed by atoms with E-state index in [1.165, 1.54) is 20.2 Å². The lowest BCUT2D eigenvalue weighted by atomic mass is 10.3. The van der Waals surface area contributed by atoms with E-state index < -0.39 is 21.1 Å². The first-order valence-electron chi connectivity index (χ1n) is 5.68. The van der Waals surface area contributed by atoms with Crippen LogP contribution in [-0.4, -0.2) is 36.5 Å². The Labute approximate surface area is 107 Å². The summed E-state index contributed by atoms with van der Waals surface area (Å²) in [4.78, 5) is 11.1. The standard InChI is InChI=1S/C11H18N2O4S/c1-4-13-7-10(6-12-13)8-18(15,16)9(2)5-11(14)17-3/h6-7,9H,4-5,8H2,1-3H3. The summed E-state index contributed by atoms with van der Waals surface area (Å²) in [5.74, 6) is -0.624. The molecule has 18 heavy (non-hydrogen) atoms. The predicted octanol–water partition coefficient (Wildman–Crippen LogP) is 0.769. The lowest BCUT2D eigenvalue weighted by Crippen LogP contribution is -2.23. The van der Waals surface area contributed by atoms with Gasteiger partial charge < -0.3 is 4.74 Å². The van der Waals surface area contributed by atoms with Crippen molar-refractivity contribution in [3.05, 3.63) is 18.0 Å². The van der Waals surface area contributed by atoms with Crippen molar-refractivity contribution in [3.63, 3.8) is 0 Å². The van der Waals surface area contributed by atoms with Crippen LogP contribution in [0.2, 0.25) is 0 Å². The van der Waals surface area contributed by atoms with Gasteiger partial charge >= 0.3 is 5.97 Å². The van der Waals surface area contributed by atoms with Crippen LogP contribution in [0.4, 0.5) is 0 Å². The summed E-state index contributed by atoms with van der Waals surface area (Å²) in [6.45, 7) is 4.12. The van der Waals surface area contributed by atoms with Gasteiger partial charge in [-0.15, -0.1) is 0 Å². The first-order chi connectivity index (χ1) is 8.39. The average Bonchev–Trinajstić information content (AvgIpc) is 2.75. The molecule has 0 aromatic carbocycles. The molecule has 0 bridgehead atoms. The van der Waals surface area contributed by atoms with E-state index in [9.17, 15) is 13.2 Å². The lowest BCUT2D eigenvalue weighted by molar-refractivity contribution is -0.140. The van der Waals surface area contributed by atoms with E-state index in [2.05, 4.69) is 9.84 Å². The van der Waals surface area contributed by atoms with Gasteiger partial charge in [0.25, 0.3) is 0 Å². The number of hydrogen-bond donors (Lipinski definition) is 0. The van der Waals surface area contributed by atoms with E-state index in [-0.39, 0.29) is 12.2 Å². The van der Waals surface area contributed by atoms with Crippen molar-refractivity contribution in [2.75, 3.05) is 7.11 Å². The summed E-state index contributed by atoms with van der Waals surface area (Å²) in [7, 11) is -2.12. The number of hydrogen-bond acceptors (Lipinski definition) is 5. The van der Waals surface area contributed by atoms with E-state index >= 15 is 0 Å². The molecule has 0 spiro atoms. The third kappa shape index (κ3) is 3.83. The topological polar surface area (TPSA) is 78.3 Å². The zero-order valence-corrected chi connectivity index (χ0v) is 11.6. The number of aromatic nitrogens is 2. The molecule has 0 saturated heterocycles. The number of carbonyl (C=O) groups is 1. The van der Waals surface area contributed by atoms with Gasteiger partial charge in [0.1, 0.15) is 0 Å². The maximum absolute atomic E-state index is 12.0. The Balaban J connectivity index is 2.72. The van der Waals surface area contributed by atoms with Gasteiger partial charge in [0, 0.05) is 18.3 Å². The van der Waals surface area contributed by atoms with Crippen LogP contribution >= 0.6 is 0 Å². The van der Waals surface area contributed by atoms with E-state index in [0.29, 0.717) is 12.1 Å². The Morgan fingerprint density at radius 2 is 2.22 bits per heavy atom. The number of sulfone groups is 1. The highest BCUT2D eigenvalue weighted by atomic mass is 32.2. The summed E-state index contributed by atoms with van der Waals surface area (Å²) in [6, 6.07) is 0. The van der Waals surface area contributed by atoms with Gasteiger partial charge in [-0.1, -0.05) is 0 Å². The molecule has 0 aliphatic carbocycles. The highest BCUT2D eigenvalue weighted by molar-refractivity contribution is 7.91. The Morgan fingerprint density at radius 1 is 1.56 bits per heavy atom. The molecule has 102 valence electrons. The summed E-state index contributed by atoms with van der Waals surface area (Å²) in [5.41, 5.74) is 0.633. The van der Waals surface area contributed by atoms with Gasteiger partial charge in [-0.3, -0.25) is 9.48 Å². The second-order valence-electron chi connectivity index (χ2n) is 4.10.